The highest BCUT2D eigenvalue weighted by Crippen LogP contribution is 2.29. The maximum absolute atomic E-state index is 14.1. The largest absolute Gasteiger partial charge is 0.454 e. The molecule has 2 rings (SSSR count). The van der Waals surface area contributed by atoms with Crippen LogP contribution in [0.25, 0.3) is 0 Å². The monoisotopic (exact) mass is 307 g/mol. The van der Waals surface area contributed by atoms with Crippen molar-refractivity contribution in [1.29, 1.82) is 0 Å². The minimum atomic E-state index is -0.388. The van der Waals surface area contributed by atoms with Crippen LogP contribution >= 0.6 is 11.6 Å². The highest BCUT2D eigenvalue weighted by Gasteiger charge is 2.08. The lowest BCUT2D eigenvalue weighted by Gasteiger charge is -2.11. The molecule has 2 nitrogen and oxygen atoms in total. The van der Waals surface area contributed by atoms with E-state index in [4.69, 9.17) is 22.1 Å². The fourth-order valence-corrected chi connectivity index (χ4v) is 2.39. The van der Waals surface area contributed by atoms with Crippen LogP contribution in [0.1, 0.15) is 25.0 Å². The van der Waals surface area contributed by atoms with Gasteiger partial charge in [0.2, 0.25) is 0 Å². The van der Waals surface area contributed by atoms with Crippen LogP contribution in [0.4, 0.5) is 4.39 Å². The summed E-state index contributed by atoms with van der Waals surface area (Å²) < 4.78 is 19.7. The molecular formula is C17H19ClFNO. The maximum Gasteiger partial charge on any atom is 0.165 e. The minimum Gasteiger partial charge on any atom is -0.454 e. The summed E-state index contributed by atoms with van der Waals surface area (Å²) in [6, 6.07) is 10.3. The Kier molecular flexibility index (Phi) is 5.21. The third kappa shape index (κ3) is 4.19. The van der Waals surface area contributed by atoms with Crippen LogP contribution in [0.5, 0.6) is 11.5 Å². The summed E-state index contributed by atoms with van der Waals surface area (Å²) in [7, 11) is 0. The molecule has 1 atom stereocenters. The molecule has 0 aliphatic heterocycles. The highest BCUT2D eigenvalue weighted by molar-refractivity contribution is 6.31. The molecule has 21 heavy (non-hydrogen) atoms. The summed E-state index contributed by atoms with van der Waals surface area (Å²) in [4.78, 5) is 0. The summed E-state index contributed by atoms with van der Waals surface area (Å²) in [6.45, 7) is 3.90. The molecule has 0 spiro atoms. The number of hydrogen-bond donors (Lipinski definition) is 1. The maximum atomic E-state index is 14.1. The molecule has 0 saturated heterocycles. The fourth-order valence-electron chi connectivity index (χ4n) is 2.14. The van der Waals surface area contributed by atoms with Crippen molar-refractivity contribution in [3.63, 3.8) is 0 Å². The van der Waals surface area contributed by atoms with Gasteiger partial charge in [-0.25, -0.2) is 4.39 Å². The van der Waals surface area contributed by atoms with Gasteiger partial charge in [-0.05, 0) is 61.2 Å². The average molecular weight is 308 g/mol. The van der Waals surface area contributed by atoms with Crippen molar-refractivity contribution in [1.82, 2.24) is 0 Å². The van der Waals surface area contributed by atoms with E-state index in [2.05, 4.69) is 0 Å². The first-order valence-corrected chi connectivity index (χ1v) is 7.37. The van der Waals surface area contributed by atoms with Gasteiger partial charge in [0.15, 0.2) is 11.6 Å². The average Bonchev–Trinajstić information content (AvgIpc) is 2.43. The number of hydrogen-bond acceptors (Lipinski definition) is 2. The zero-order chi connectivity index (χ0) is 15.4. The normalized spacial score (nSPS) is 12.2. The van der Waals surface area contributed by atoms with Gasteiger partial charge in [0.25, 0.3) is 0 Å². The van der Waals surface area contributed by atoms with Gasteiger partial charge in [-0.2, -0.15) is 0 Å². The van der Waals surface area contributed by atoms with Gasteiger partial charge >= 0.3 is 0 Å². The van der Waals surface area contributed by atoms with E-state index < -0.39 is 0 Å². The van der Waals surface area contributed by atoms with Gasteiger partial charge in [0.05, 0.1) is 0 Å². The van der Waals surface area contributed by atoms with Gasteiger partial charge in [-0.3, -0.25) is 0 Å². The Morgan fingerprint density at radius 1 is 1.24 bits per heavy atom. The van der Waals surface area contributed by atoms with Crippen LogP contribution in [0, 0.1) is 5.82 Å². The Morgan fingerprint density at radius 3 is 2.62 bits per heavy atom. The van der Waals surface area contributed by atoms with E-state index in [0.29, 0.717) is 17.2 Å². The first kappa shape index (κ1) is 15.8. The summed E-state index contributed by atoms with van der Waals surface area (Å²) in [6.07, 6.45) is 1.43. The molecule has 0 amide bonds. The van der Waals surface area contributed by atoms with E-state index >= 15 is 0 Å². The summed E-state index contributed by atoms with van der Waals surface area (Å²) >= 11 is 6.06. The van der Waals surface area contributed by atoms with Crippen molar-refractivity contribution in [3.05, 3.63) is 58.4 Å². The lowest BCUT2D eigenvalue weighted by atomic mass is 10.1. The van der Waals surface area contributed by atoms with Gasteiger partial charge in [0, 0.05) is 11.1 Å². The highest BCUT2D eigenvalue weighted by atomic mass is 35.5. The smallest absolute Gasteiger partial charge is 0.165 e. The first-order valence-electron chi connectivity index (χ1n) is 7.00. The number of aryl methyl sites for hydroxylation is 1. The molecule has 0 radical (unpaired) electrons. The fraction of sp³-hybridized carbons (Fsp3) is 0.294. The standard InChI is InChI=1S/C17H19ClFNO/c1-3-13-10-14(5-6-15(13)18)21-17-7-4-12(8-11(2)20)9-16(17)19/h4-7,9-11H,3,8,20H2,1-2H3. The SMILES string of the molecule is CCc1cc(Oc2ccc(CC(C)N)cc2F)ccc1Cl. The van der Waals surface area contributed by atoms with Crippen LogP contribution in [0.2, 0.25) is 5.02 Å². The third-order valence-corrected chi connectivity index (χ3v) is 3.55. The van der Waals surface area contributed by atoms with Crippen molar-refractivity contribution < 1.29 is 9.13 Å². The summed E-state index contributed by atoms with van der Waals surface area (Å²) in [5.74, 6) is 0.393. The van der Waals surface area contributed by atoms with Crippen molar-refractivity contribution in [2.45, 2.75) is 32.7 Å². The van der Waals surface area contributed by atoms with E-state index in [0.717, 1.165) is 17.5 Å². The number of nitrogens with two attached hydrogens (primary N) is 1. The Hall–Kier alpha value is -1.58. The van der Waals surface area contributed by atoms with Gasteiger partial charge in [-0.15, -0.1) is 0 Å². The second-order valence-electron chi connectivity index (χ2n) is 5.16. The zero-order valence-corrected chi connectivity index (χ0v) is 13.0. The van der Waals surface area contributed by atoms with Gasteiger partial charge in [0.1, 0.15) is 5.75 Å². The Labute approximate surface area is 129 Å². The molecule has 0 aromatic heterocycles. The van der Waals surface area contributed by atoms with Crippen LogP contribution in [0.15, 0.2) is 36.4 Å². The van der Waals surface area contributed by atoms with E-state index in [1.54, 1.807) is 18.2 Å². The third-order valence-electron chi connectivity index (χ3n) is 3.18. The predicted octanol–water partition coefficient (Wildman–Crippen LogP) is 4.72. The quantitative estimate of drug-likeness (QED) is 0.867. The Bertz CT molecular complexity index is 628. The number of ether oxygens (including phenoxy) is 1. The molecular weight excluding hydrogens is 289 g/mol. The zero-order valence-electron chi connectivity index (χ0n) is 12.2. The molecule has 0 fully saturated rings. The van der Waals surface area contributed by atoms with Crippen LogP contribution in [-0.2, 0) is 12.8 Å². The summed E-state index contributed by atoms with van der Waals surface area (Å²) in [5, 5.41) is 0.692. The van der Waals surface area contributed by atoms with Crippen molar-refractivity contribution in [3.8, 4) is 11.5 Å². The van der Waals surface area contributed by atoms with Crippen LogP contribution in [0.3, 0.4) is 0 Å². The Morgan fingerprint density at radius 2 is 2.00 bits per heavy atom. The molecule has 4 heteroatoms. The number of benzene rings is 2. The van der Waals surface area contributed by atoms with Crippen LogP contribution in [-0.4, -0.2) is 6.04 Å². The molecule has 0 heterocycles. The van der Waals surface area contributed by atoms with E-state index in [9.17, 15) is 4.39 Å². The molecule has 0 saturated carbocycles. The second-order valence-corrected chi connectivity index (χ2v) is 5.56. The Balaban J connectivity index is 2.19. The van der Waals surface area contributed by atoms with Gasteiger partial charge < -0.3 is 10.5 Å². The molecule has 0 aliphatic carbocycles. The van der Waals surface area contributed by atoms with E-state index in [1.165, 1.54) is 6.07 Å². The van der Waals surface area contributed by atoms with Crippen molar-refractivity contribution in [2.24, 2.45) is 5.73 Å². The first-order chi connectivity index (χ1) is 9.99. The molecule has 1 unspecified atom stereocenters. The number of halogens is 2. The van der Waals surface area contributed by atoms with E-state index in [1.807, 2.05) is 26.0 Å². The topological polar surface area (TPSA) is 35.2 Å². The van der Waals surface area contributed by atoms with E-state index in [-0.39, 0.29) is 17.6 Å². The molecule has 2 aromatic rings. The molecule has 112 valence electrons. The second kappa shape index (κ2) is 6.92. The lowest BCUT2D eigenvalue weighted by molar-refractivity contribution is 0.441. The summed E-state index contributed by atoms with van der Waals surface area (Å²) in [5.41, 5.74) is 7.55. The van der Waals surface area contributed by atoms with Crippen LogP contribution < -0.4 is 10.5 Å². The molecule has 0 bridgehead atoms. The molecule has 0 aliphatic rings. The number of rotatable bonds is 5. The van der Waals surface area contributed by atoms with Crippen molar-refractivity contribution >= 4 is 11.6 Å². The van der Waals surface area contributed by atoms with Gasteiger partial charge in [-0.1, -0.05) is 24.6 Å². The lowest BCUT2D eigenvalue weighted by Crippen LogP contribution is -2.17. The predicted molar refractivity (Wildman–Crippen MR) is 84.7 cm³/mol. The van der Waals surface area contributed by atoms with Crippen molar-refractivity contribution in [2.75, 3.05) is 0 Å². The minimum absolute atomic E-state index is 0.000420. The molecule has 2 N–H and O–H groups in total. The molecule has 2 aromatic carbocycles.